The van der Waals surface area contributed by atoms with E-state index in [2.05, 4.69) is 47.9 Å². The second-order valence-electron chi connectivity index (χ2n) is 5.96. The van der Waals surface area contributed by atoms with Crippen molar-refractivity contribution in [1.29, 1.82) is 0 Å². The SMILES string of the molecule is CCCCN1CC2=C(C1)CN(c1ccc(C)cc1)C2. The van der Waals surface area contributed by atoms with Crippen LogP contribution in [0.1, 0.15) is 25.3 Å². The van der Waals surface area contributed by atoms with Crippen molar-refractivity contribution >= 4 is 5.69 Å². The van der Waals surface area contributed by atoms with Gasteiger partial charge in [-0.05, 0) is 43.2 Å². The summed E-state index contributed by atoms with van der Waals surface area (Å²) in [6.07, 6.45) is 2.64. The predicted molar refractivity (Wildman–Crippen MR) is 81.8 cm³/mol. The Balaban J connectivity index is 1.58. The zero-order chi connectivity index (χ0) is 13.2. The first-order valence-corrected chi connectivity index (χ1v) is 7.50. The van der Waals surface area contributed by atoms with Gasteiger partial charge in [0, 0.05) is 31.9 Å². The molecule has 0 aromatic heterocycles. The number of unbranched alkanes of at least 4 members (excludes halogenated alkanes) is 1. The summed E-state index contributed by atoms with van der Waals surface area (Å²) in [5.74, 6) is 0. The second-order valence-corrected chi connectivity index (χ2v) is 5.96. The van der Waals surface area contributed by atoms with Crippen molar-refractivity contribution in [2.24, 2.45) is 0 Å². The number of benzene rings is 1. The monoisotopic (exact) mass is 256 g/mol. The van der Waals surface area contributed by atoms with E-state index in [0.717, 1.165) is 13.1 Å². The third-order valence-electron chi connectivity index (χ3n) is 4.32. The molecule has 0 amide bonds. The van der Waals surface area contributed by atoms with Crippen molar-refractivity contribution in [2.75, 3.05) is 37.6 Å². The van der Waals surface area contributed by atoms with Crippen LogP contribution in [0.5, 0.6) is 0 Å². The van der Waals surface area contributed by atoms with Gasteiger partial charge in [0.2, 0.25) is 0 Å². The number of hydrogen-bond acceptors (Lipinski definition) is 2. The van der Waals surface area contributed by atoms with Gasteiger partial charge >= 0.3 is 0 Å². The van der Waals surface area contributed by atoms with Crippen LogP contribution in [0, 0.1) is 6.92 Å². The molecule has 0 atom stereocenters. The summed E-state index contributed by atoms with van der Waals surface area (Å²) >= 11 is 0. The van der Waals surface area contributed by atoms with E-state index < -0.39 is 0 Å². The van der Waals surface area contributed by atoms with E-state index in [1.165, 1.54) is 43.7 Å². The molecule has 3 rings (SSSR count). The fourth-order valence-corrected chi connectivity index (χ4v) is 3.14. The number of anilines is 1. The van der Waals surface area contributed by atoms with Gasteiger partial charge in [0.1, 0.15) is 0 Å². The molecular formula is C17H24N2. The van der Waals surface area contributed by atoms with Gasteiger partial charge in [-0.1, -0.05) is 31.0 Å². The summed E-state index contributed by atoms with van der Waals surface area (Å²) in [4.78, 5) is 5.13. The minimum atomic E-state index is 1.14. The maximum absolute atomic E-state index is 2.61. The third-order valence-corrected chi connectivity index (χ3v) is 4.32. The molecule has 0 saturated heterocycles. The average Bonchev–Trinajstić information content (AvgIpc) is 2.95. The Hall–Kier alpha value is -1.28. The number of rotatable bonds is 4. The van der Waals surface area contributed by atoms with Gasteiger partial charge in [-0.15, -0.1) is 0 Å². The number of hydrogen-bond donors (Lipinski definition) is 0. The third kappa shape index (κ3) is 2.69. The number of aryl methyl sites for hydroxylation is 1. The Labute approximate surface area is 116 Å². The standard InChI is InChI=1S/C17H24N2/c1-3-4-9-18-10-15-12-19(13-16(15)11-18)17-7-5-14(2)6-8-17/h5-8H,3-4,9-13H2,1-2H3. The van der Waals surface area contributed by atoms with Crippen LogP contribution in [0.15, 0.2) is 35.4 Å². The lowest BCUT2D eigenvalue weighted by molar-refractivity contribution is 0.333. The van der Waals surface area contributed by atoms with E-state index in [4.69, 9.17) is 0 Å². The highest BCUT2D eigenvalue weighted by atomic mass is 15.2. The lowest BCUT2D eigenvalue weighted by atomic mass is 10.2. The topological polar surface area (TPSA) is 6.48 Å². The van der Waals surface area contributed by atoms with Crippen LogP contribution in [-0.4, -0.2) is 37.6 Å². The van der Waals surface area contributed by atoms with Crippen molar-refractivity contribution < 1.29 is 0 Å². The Bertz CT molecular complexity index is 455. The highest BCUT2D eigenvalue weighted by Gasteiger charge is 2.29. The first-order chi connectivity index (χ1) is 9.26. The zero-order valence-corrected chi connectivity index (χ0v) is 12.2. The second kappa shape index (κ2) is 5.38. The quantitative estimate of drug-likeness (QED) is 0.763. The van der Waals surface area contributed by atoms with Crippen LogP contribution in [-0.2, 0) is 0 Å². The predicted octanol–water partition coefficient (Wildman–Crippen LogP) is 3.23. The Morgan fingerprint density at radius 1 is 0.947 bits per heavy atom. The highest BCUT2D eigenvalue weighted by molar-refractivity contribution is 5.54. The highest BCUT2D eigenvalue weighted by Crippen LogP contribution is 2.29. The van der Waals surface area contributed by atoms with Crippen LogP contribution >= 0.6 is 0 Å². The Morgan fingerprint density at radius 3 is 2.16 bits per heavy atom. The molecule has 0 spiro atoms. The fraction of sp³-hybridized carbons (Fsp3) is 0.529. The average molecular weight is 256 g/mol. The molecule has 0 fully saturated rings. The van der Waals surface area contributed by atoms with Crippen LogP contribution in [0.4, 0.5) is 5.69 Å². The summed E-state index contributed by atoms with van der Waals surface area (Å²) in [6.45, 7) is 10.4. The largest absolute Gasteiger partial charge is 0.363 e. The molecule has 2 aliphatic heterocycles. The van der Waals surface area contributed by atoms with Crippen molar-refractivity contribution in [2.45, 2.75) is 26.7 Å². The van der Waals surface area contributed by atoms with Crippen LogP contribution in [0.3, 0.4) is 0 Å². The minimum absolute atomic E-state index is 1.14. The van der Waals surface area contributed by atoms with Crippen molar-refractivity contribution in [3.8, 4) is 0 Å². The maximum atomic E-state index is 2.61. The smallest absolute Gasteiger partial charge is 0.0408 e. The van der Waals surface area contributed by atoms with Gasteiger partial charge in [-0.2, -0.15) is 0 Å². The number of nitrogens with zero attached hydrogens (tertiary/aromatic N) is 2. The van der Waals surface area contributed by atoms with Gasteiger partial charge in [-0.25, -0.2) is 0 Å². The summed E-state index contributed by atoms with van der Waals surface area (Å²) in [5.41, 5.74) is 6.07. The molecule has 0 bridgehead atoms. The van der Waals surface area contributed by atoms with E-state index in [1.54, 1.807) is 11.1 Å². The molecule has 102 valence electrons. The summed E-state index contributed by atoms with van der Waals surface area (Å²) in [7, 11) is 0. The molecule has 2 heterocycles. The molecule has 0 saturated carbocycles. The fourth-order valence-electron chi connectivity index (χ4n) is 3.14. The van der Waals surface area contributed by atoms with Gasteiger partial charge in [0.05, 0.1) is 0 Å². The molecule has 0 unspecified atom stereocenters. The van der Waals surface area contributed by atoms with Crippen molar-refractivity contribution in [3.05, 3.63) is 41.0 Å². The van der Waals surface area contributed by atoms with E-state index in [0.29, 0.717) is 0 Å². The van der Waals surface area contributed by atoms with Gasteiger partial charge in [-0.3, -0.25) is 4.90 Å². The summed E-state index contributed by atoms with van der Waals surface area (Å²) < 4.78 is 0. The van der Waals surface area contributed by atoms with Crippen LogP contribution in [0.2, 0.25) is 0 Å². The van der Waals surface area contributed by atoms with Crippen molar-refractivity contribution in [3.63, 3.8) is 0 Å². The van der Waals surface area contributed by atoms with E-state index in [-0.39, 0.29) is 0 Å². The molecule has 0 radical (unpaired) electrons. The first kappa shape index (κ1) is 12.7. The molecular weight excluding hydrogens is 232 g/mol. The van der Waals surface area contributed by atoms with Gasteiger partial charge in [0.15, 0.2) is 0 Å². The molecule has 2 aliphatic rings. The molecule has 2 nitrogen and oxygen atoms in total. The molecule has 1 aromatic rings. The summed E-state index contributed by atoms with van der Waals surface area (Å²) in [5, 5.41) is 0. The molecule has 2 heteroatoms. The molecule has 0 N–H and O–H groups in total. The Kier molecular flexibility index (Phi) is 3.61. The van der Waals surface area contributed by atoms with Gasteiger partial charge in [0.25, 0.3) is 0 Å². The zero-order valence-electron chi connectivity index (χ0n) is 12.2. The van der Waals surface area contributed by atoms with E-state index in [9.17, 15) is 0 Å². The van der Waals surface area contributed by atoms with Crippen LogP contribution < -0.4 is 4.90 Å². The summed E-state index contributed by atoms with van der Waals surface area (Å²) in [6, 6.07) is 8.94. The lowest BCUT2D eigenvalue weighted by Crippen LogP contribution is -2.30. The Morgan fingerprint density at radius 2 is 1.58 bits per heavy atom. The van der Waals surface area contributed by atoms with E-state index >= 15 is 0 Å². The molecule has 0 aliphatic carbocycles. The van der Waals surface area contributed by atoms with E-state index in [1.807, 2.05) is 0 Å². The first-order valence-electron chi connectivity index (χ1n) is 7.50. The lowest BCUT2D eigenvalue weighted by Gasteiger charge is -2.24. The van der Waals surface area contributed by atoms with Crippen LogP contribution in [0.25, 0.3) is 0 Å². The van der Waals surface area contributed by atoms with Crippen molar-refractivity contribution in [1.82, 2.24) is 4.90 Å². The maximum Gasteiger partial charge on any atom is 0.0408 e. The molecule has 19 heavy (non-hydrogen) atoms. The normalized spacial score (nSPS) is 19.4. The van der Waals surface area contributed by atoms with Gasteiger partial charge < -0.3 is 4.90 Å². The molecule has 1 aromatic carbocycles. The minimum Gasteiger partial charge on any atom is -0.363 e.